The quantitative estimate of drug-likeness (QED) is 0.714. The fraction of sp³-hybridized carbons (Fsp3) is 0.700. The zero-order chi connectivity index (χ0) is 11.3. The summed E-state index contributed by atoms with van der Waals surface area (Å²) in [6.45, 7) is 3.12. The number of aromatic nitrogens is 2. The molecule has 1 N–H and O–H groups in total. The van der Waals surface area contributed by atoms with Crippen LogP contribution in [0.15, 0.2) is 6.20 Å². The van der Waals surface area contributed by atoms with E-state index in [4.69, 9.17) is 9.47 Å². The second-order valence-electron chi connectivity index (χ2n) is 3.22. The Labute approximate surface area is 89.6 Å². The number of nitrogens with zero attached hydrogens (tertiary/aromatic N) is 2. The minimum absolute atomic E-state index is 0.534. The molecular weight excluding hydrogens is 196 g/mol. The summed E-state index contributed by atoms with van der Waals surface area (Å²) < 4.78 is 11.9. The molecule has 0 radical (unpaired) electrons. The average molecular weight is 214 g/mol. The highest BCUT2D eigenvalue weighted by atomic mass is 16.5. The Balaban J connectivity index is 2.63. The normalized spacial score (nSPS) is 12.8. The molecule has 5 nitrogen and oxygen atoms in total. The summed E-state index contributed by atoms with van der Waals surface area (Å²) in [6, 6.07) is 0. The number of aliphatic hydroxyl groups is 1. The van der Waals surface area contributed by atoms with Crippen molar-refractivity contribution in [2.45, 2.75) is 19.4 Å². The minimum Gasteiger partial charge on any atom is -0.493 e. The van der Waals surface area contributed by atoms with Crippen molar-refractivity contribution >= 4 is 0 Å². The Hall–Kier alpha value is -1.07. The molecule has 1 aromatic heterocycles. The molecule has 1 unspecified atom stereocenters. The molecule has 0 aliphatic carbocycles. The standard InChI is InChI=1S/C10H18N2O3/c1-4-15-6-5-8(13)10-9(14-3)7-11-12(10)2/h7-8,13H,4-6H2,1-3H3. The van der Waals surface area contributed by atoms with Crippen LogP contribution in [-0.2, 0) is 11.8 Å². The second kappa shape index (κ2) is 5.72. The first-order valence-corrected chi connectivity index (χ1v) is 5.02. The fourth-order valence-electron chi connectivity index (χ4n) is 1.44. The van der Waals surface area contributed by atoms with E-state index >= 15 is 0 Å². The van der Waals surface area contributed by atoms with Gasteiger partial charge in [0.1, 0.15) is 11.8 Å². The highest BCUT2D eigenvalue weighted by Crippen LogP contribution is 2.25. The van der Waals surface area contributed by atoms with E-state index in [1.807, 2.05) is 6.92 Å². The molecule has 0 aliphatic heterocycles. The van der Waals surface area contributed by atoms with Gasteiger partial charge in [-0.15, -0.1) is 0 Å². The lowest BCUT2D eigenvalue weighted by molar-refractivity contribution is 0.0833. The third-order valence-corrected chi connectivity index (χ3v) is 2.22. The number of hydrogen-bond acceptors (Lipinski definition) is 4. The lowest BCUT2D eigenvalue weighted by Gasteiger charge is -2.12. The first-order valence-electron chi connectivity index (χ1n) is 5.02. The van der Waals surface area contributed by atoms with Crippen LogP contribution in [0.3, 0.4) is 0 Å². The first kappa shape index (κ1) is 12.0. The average Bonchev–Trinajstić information content (AvgIpc) is 2.59. The predicted molar refractivity (Wildman–Crippen MR) is 55.8 cm³/mol. The number of hydrogen-bond donors (Lipinski definition) is 1. The summed E-state index contributed by atoms with van der Waals surface area (Å²) in [4.78, 5) is 0. The molecule has 0 spiro atoms. The van der Waals surface area contributed by atoms with Gasteiger partial charge in [-0.25, -0.2) is 0 Å². The number of aliphatic hydroxyl groups excluding tert-OH is 1. The van der Waals surface area contributed by atoms with Crippen LogP contribution in [0.4, 0.5) is 0 Å². The highest BCUT2D eigenvalue weighted by Gasteiger charge is 2.17. The molecule has 0 fully saturated rings. The summed E-state index contributed by atoms with van der Waals surface area (Å²) in [6.07, 6.45) is 1.54. The lowest BCUT2D eigenvalue weighted by Crippen LogP contribution is -2.09. The molecule has 0 saturated heterocycles. The summed E-state index contributed by atoms with van der Waals surface area (Å²) in [5, 5.41) is 13.9. The molecular formula is C10H18N2O3. The van der Waals surface area contributed by atoms with Gasteiger partial charge in [0.15, 0.2) is 5.75 Å². The van der Waals surface area contributed by atoms with Crippen LogP contribution in [0.2, 0.25) is 0 Å². The molecule has 5 heteroatoms. The maximum atomic E-state index is 9.91. The monoisotopic (exact) mass is 214 g/mol. The van der Waals surface area contributed by atoms with E-state index in [1.165, 1.54) is 0 Å². The van der Waals surface area contributed by atoms with Crippen molar-refractivity contribution in [3.05, 3.63) is 11.9 Å². The summed E-state index contributed by atoms with van der Waals surface area (Å²) >= 11 is 0. The van der Waals surface area contributed by atoms with E-state index in [-0.39, 0.29) is 0 Å². The van der Waals surface area contributed by atoms with E-state index in [2.05, 4.69) is 5.10 Å². The molecule has 86 valence electrons. The molecule has 1 rings (SSSR count). The molecule has 1 atom stereocenters. The third kappa shape index (κ3) is 2.94. The summed E-state index contributed by atoms with van der Waals surface area (Å²) in [5.74, 6) is 0.612. The molecule has 0 amide bonds. The fourth-order valence-corrected chi connectivity index (χ4v) is 1.44. The van der Waals surface area contributed by atoms with E-state index in [1.54, 1.807) is 25.0 Å². The Morgan fingerprint density at radius 3 is 2.93 bits per heavy atom. The predicted octanol–water partition coefficient (Wildman–Crippen LogP) is 0.889. The number of methoxy groups -OCH3 is 1. The van der Waals surface area contributed by atoms with Gasteiger partial charge in [-0.05, 0) is 6.92 Å². The van der Waals surface area contributed by atoms with Crippen LogP contribution in [0.5, 0.6) is 5.75 Å². The van der Waals surface area contributed by atoms with E-state index < -0.39 is 6.10 Å². The largest absolute Gasteiger partial charge is 0.493 e. The number of ether oxygens (including phenoxy) is 2. The molecule has 0 bridgehead atoms. The van der Waals surface area contributed by atoms with Crippen molar-refractivity contribution in [3.63, 3.8) is 0 Å². The van der Waals surface area contributed by atoms with Gasteiger partial charge in [-0.1, -0.05) is 0 Å². The van der Waals surface area contributed by atoms with Crippen molar-refractivity contribution in [1.82, 2.24) is 9.78 Å². The van der Waals surface area contributed by atoms with Crippen LogP contribution in [0.1, 0.15) is 25.1 Å². The maximum Gasteiger partial charge on any atom is 0.162 e. The van der Waals surface area contributed by atoms with Crippen LogP contribution in [0.25, 0.3) is 0 Å². The molecule has 0 aromatic carbocycles. The molecule has 0 aliphatic rings. The van der Waals surface area contributed by atoms with Crippen molar-refractivity contribution in [3.8, 4) is 5.75 Å². The zero-order valence-corrected chi connectivity index (χ0v) is 9.43. The van der Waals surface area contributed by atoms with Crippen molar-refractivity contribution in [2.24, 2.45) is 7.05 Å². The summed E-state index contributed by atoms with van der Waals surface area (Å²) in [5.41, 5.74) is 0.692. The Bertz CT molecular complexity index is 299. The van der Waals surface area contributed by atoms with Crippen molar-refractivity contribution in [1.29, 1.82) is 0 Å². The zero-order valence-electron chi connectivity index (χ0n) is 9.43. The molecule has 0 saturated carbocycles. The molecule has 1 aromatic rings. The van der Waals surface area contributed by atoms with Crippen LogP contribution in [0, 0.1) is 0 Å². The van der Waals surface area contributed by atoms with Gasteiger partial charge in [-0.3, -0.25) is 4.68 Å². The van der Waals surface area contributed by atoms with E-state index in [0.717, 1.165) is 0 Å². The van der Waals surface area contributed by atoms with Gasteiger partial charge in [0.05, 0.1) is 13.3 Å². The van der Waals surface area contributed by atoms with Crippen LogP contribution < -0.4 is 4.74 Å². The van der Waals surface area contributed by atoms with Gasteiger partial charge >= 0.3 is 0 Å². The maximum absolute atomic E-state index is 9.91. The van der Waals surface area contributed by atoms with Crippen molar-refractivity contribution < 1.29 is 14.6 Å². The van der Waals surface area contributed by atoms with Gasteiger partial charge in [0, 0.05) is 26.7 Å². The van der Waals surface area contributed by atoms with Gasteiger partial charge in [0.2, 0.25) is 0 Å². The lowest BCUT2D eigenvalue weighted by atomic mass is 10.2. The van der Waals surface area contributed by atoms with Crippen LogP contribution >= 0.6 is 0 Å². The Morgan fingerprint density at radius 1 is 1.60 bits per heavy atom. The Kier molecular flexibility index (Phi) is 4.58. The SMILES string of the molecule is CCOCCC(O)c1c(OC)cnn1C. The topological polar surface area (TPSA) is 56.5 Å². The van der Waals surface area contributed by atoms with Crippen LogP contribution in [-0.4, -0.2) is 35.2 Å². The summed E-state index contributed by atoms with van der Waals surface area (Å²) in [7, 11) is 3.34. The molecule has 15 heavy (non-hydrogen) atoms. The Morgan fingerprint density at radius 2 is 2.33 bits per heavy atom. The van der Waals surface area contributed by atoms with Crippen molar-refractivity contribution in [2.75, 3.05) is 20.3 Å². The van der Waals surface area contributed by atoms with E-state index in [0.29, 0.717) is 31.1 Å². The second-order valence-corrected chi connectivity index (χ2v) is 3.22. The van der Waals surface area contributed by atoms with Gasteiger partial charge < -0.3 is 14.6 Å². The number of rotatable bonds is 6. The van der Waals surface area contributed by atoms with E-state index in [9.17, 15) is 5.11 Å². The third-order valence-electron chi connectivity index (χ3n) is 2.22. The number of aryl methyl sites for hydroxylation is 1. The highest BCUT2D eigenvalue weighted by molar-refractivity contribution is 5.26. The smallest absolute Gasteiger partial charge is 0.162 e. The molecule has 1 heterocycles. The minimum atomic E-state index is -0.598. The first-order chi connectivity index (χ1) is 7.20. The van der Waals surface area contributed by atoms with Gasteiger partial charge in [0.25, 0.3) is 0 Å². The van der Waals surface area contributed by atoms with Gasteiger partial charge in [-0.2, -0.15) is 5.10 Å².